The van der Waals surface area contributed by atoms with Crippen LogP contribution in [0.3, 0.4) is 0 Å². The number of hydrogen-bond acceptors (Lipinski definition) is 6. The molecule has 0 radical (unpaired) electrons. The molecule has 7 nitrogen and oxygen atoms in total. The van der Waals surface area contributed by atoms with Crippen LogP contribution in [0.2, 0.25) is 0 Å². The van der Waals surface area contributed by atoms with Crippen LogP contribution in [0.15, 0.2) is 12.1 Å². The summed E-state index contributed by atoms with van der Waals surface area (Å²) in [5.41, 5.74) is 1.17. The van der Waals surface area contributed by atoms with Gasteiger partial charge in [0.15, 0.2) is 0 Å². The van der Waals surface area contributed by atoms with Crippen molar-refractivity contribution in [3.8, 4) is 0 Å². The first kappa shape index (κ1) is 15.2. The van der Waals surface area contributed by atoms with Gasteiger partial charge in [-0.3, -0.25) is 10.1 Å². The zero-order valence-electron chi connectivity index (χ0n) is 11.2. The predicted molar refractivity (Wildman–Crippen MR) is 73.1 cm³/mol. The number of hydrogen-bond donors (Lipinski definition) is 4. The Hall–Kier alpha value is -1.86. The lowest BCUT2D eigenvalue weighted by Crippen LogP contribution is -2.18. The molecule has 0 aliphatic heterocycles. The molecule has 2 atom stereocenters. The zero-order chi connectivity index (χ0) is 14.6. The molecule has 1 aromatic carbocycles. The first-order valence-electron chi connectivity index (χ1n) is 6.06. The van der Waals surface area contributed by atoms with Crippen LogP contribution in [-0.4, -0.2) is 27.6 Å². The first-order chi connectivity index (χ1) is 8.86. The lowest BCUT2D eigenvalue weighted by molar-refractivity contribution is -0.384. The molecule has 0 saturated carbocycles. The monoisotopic (exact) mass is 269 g/mol. The van der Waals surface area contributed by atoms with Crippen LogP contribution in [-0.2, 0) is 6.42 Å². The van der Waals surface area contributed by atoms with Crippen molar-refractivity contribution in [2.45, 2.75) is 39.6 Å². The van der Waals surface area contributed by atoms with Gasteiger partial charge < -0.3 is 20.8 Å². The van der Waals surface area contributed by atoms with Crippen molar-refractivity contribution in [1.29, 1.82) is 0 Å². The number of rotatable bonds is 6. The van der Waals surface area contributed by atoms with Crippen LogP contribution in [0.25, 0.3) is 0 Å². The SMILES string of the molecule is CCc1c(NC(C)O)ccc(NC(C)O)c1[N+](=O)[O-]. The standard InChI is InChI=1S/C12H19N3O4/c1-4-9-10(13-7(2)16)5-6-11(14-8(3)17)12(9)15(18)19/h5-8,13-14,16-17H,4H2,1-3H3. The fraction of sp³-hybridized carbons (Fsp3) is 0.500. The van der Waals surface area contributed by atoms with Crippen molar-refractivity contribution in [2.24, 2.45) is 0 Å². The quantitative estimate of drug-likeness (QED) is 0.355. The van der Waals surface area contributed by atoms with Crippen molar-refractivity contribution in [3.05, 3.63) is 27.8 Å². The molecule has 1 rings (SSSR count). The van der Waals surface area contributed by atoms with Gasteiger partial charge in [0.2, 0.25) is 0 Å². The summed E-state index contributed by atoms with van der Waals surface area (Å²) < 4.78 is 0. The normalized spacial score (nSPS) is 13.7. The molecule has 19 heavy (non-hydrogen) atoms. The minimum absolute atomic E-state index is 0.0888. The molecule has 0 heterocycles. The average molecular weight is 269 g/mol. The van der Waals surface area contributed by atoms with Crippen molar-refractivity contribution >= 4 is 17.1 Å². The van der Waals surface area contributed by atoms with E-state index in [1.165, 1.54) is 19.9 Å². The lowest BCUT2D eigenvalue weighted by atomic mass is 10.1. The Morgan fingerprint density at radius 2 is 1.68 bits per heavy atom. The van der Waals surface area contributed by atoms with Gasteiger partial charge in [0.25, 0.3) is 5.69 Å². The van der Waals surface area contributed by atoms with Gasteiger partial charge in [-0.25, -0.2) is 0 Å². The highest BCUT2D eigenvalue weighted by molar-refractivity contribution is 5.74. The van der Waals surface area contributed by atoms with Gasteiger partial charge in [-0.1, -0.05) is 6.92 Å². The number of nitro benzene ring substituents is 1. The van der Waals surface area contributed by atoms with Crippen molar-refractivity contribution in [2.75, 3.05) is 10.6 Å². The molecule has 4 N–H and O–H groups in total. The Morgan fingerprint density at radius 1 is 1.21 bits per heavy atom. The van der Waals surface area contributed by atoms with E-state index in [0.29, 0.717) is 17.7 Å². The van der Waals surface area contributed by atoms with Crippen molar-refractivity contribution < 1.29 is 15.1 Å². The van der Waals surface area contributed by atoms with Crippen LogP contribution in [0.1, 0.15) is 26.3 Å². The highest BCUT2D eigenvalue weighted by Gasteiger charge is 2.23. The van der Waals surface area contributed by atoms with Crippen molar-refractivity contribution in [3.63, 3.8) is 0 Å². The molecule has 0 aliphatic carbocycles. The Balaban J connectivity index is 3.34. The predicted octanol–water partition coefficient (Wildman–Crippen LogP) is 1.66. The average Bonchev–Trinajstić information content (AvgIpc) is 2.28. The van der Waals surface area contributed by atoms with E-state index in [9.17, 15) is 20.3 Å². The molecule has 7 heteroatoms. The van der Waals surface area contributed by atoms with Gasteiger partial charge in [-0.05, 0) is 32.4 Å². The minimum atomic E-state index is -0.890. The van der Waals surface area contributed by atoms with Crippen LogP contribution >= 0.6 is 0 Å². The second kappa shape index (κ2) is 6.35. The third kappa shape index (κ3) is 3.80. The summed E-state index contributed by atoms with van der Waals surface area (Å²) in [5, 5.41) is 35.2. The van der Waals surface area contributed by atoms with E-state index in [4.69, 9.17) is 0 Å². The Bertz CT molecular complexity index is 461. The number of aliphatic hydroxyl groups is 2. The first-order valence-corrected chi connectivity index (χ1v) is 6.06. The molecule has 2 unspecified atom stereocenters. The van der Waals surface area contributed by atoms with Crippen molar-refractivity contribution in [1.82, 2.24) is 0 Å². The maximum Gasteiger partial charge on any atom is 0.297 e. The van der Waals surface area contributed by atoms with Gasteiger partial charge in [0, 0.05) is 5.69 Å². The fourth-order valence-electron chi connectivity index (χ4n) is 1.90. The topological polar surface area (TPSA) is 108 Å². The molecule has 0 spiro atoms. The number of nitro groups is 1. The third-order valence-electron chi connectivity index (χ3n) is 2.55. The Labute approximate surface area is 111 Å². The van der Waals surface area contributed by atoms with E-state index in [2.05, 4.69) is 10.6 Å². The maximum atomic E-state index is 11.2. The van der Waals surface area contributed by atoms with Crippen LogP contribution in [0.5, 0.6) is 0 Å². The smallest absolute Gasteiger partial charge is 0.297 e. The number of anilines is 2. The number of aliphatic hydroxyl groups excluding tert-OH is 2. The molecule has 1 aromatic rings. The van der Waals surface area contributed by atoms with E-state index in [1.807, 2.05) is 0 Å². The molecule has 0 saturated heterocycles. The molecule has 0 bridgehead atoms. The van der Waals surface area contributed by atoms with Gasteiger partial charge in [-0.15, -0.1) is 0 Å². The van der Waals surface area contributed by atoms with E-state index < -0.39 is 17.4 Å². The summed E-state index contributed by atoms with van der Waals surface area (Å²) in [6.45, 7) is 4.81. The van der Waals surface area contributed by atoms with E-state index >= 15 is 0 Å². The highest BCUT2D eigenvalue weighted by atomic mass is 16.6. The molecular weight excluding hydrogens is 250 g/mol. The van der Waals surface area contributed by atoms with Gasteiger partial charge in [0.1, 0.15) is 18.1 Å². The Morgan fingerprint density at radius 3 is 2.11 bits per heavy atom. The summed E-state index contributed by atoms with van der Waals surface area (Å²) in [6, 6.07) is 3.15. The minimum Gasteiger partial charge on any atom is -0.374 e. The number of nitrogens with one attached hydrogen (secondary N) is 2. The summed E-state index contributed by atoms with van der Waals surface area (Å²) in [4.78, 5) is 10.7. The highest BCUT2D eigenvalue weighted by Crippen LogP contribution is 2.35. The van der Waals surface area contributed by atoms with Gasteiger partial charge in [0.05, 0.1) is 10.5 Å². The largest absolute Gasteiger partial charge is 0.374 e. The van der Waals surface area contributed by atoms with E-state index in [1.54, 1.807) is 13.0 Å². The second-order valence-electron chi connectivity index (χ2n) is 4.24. The summed E-state index contributed by atoms with van der Waals surface area (Å²) in [5.74, 6) is 0. The van der Waals surface area contributed by atoms with Crippen LogP contribution in [0.4, 0.5) is 17.1 Å². The van der Waals surface area contributed by atoms with E-state index in [0.717, 1.165) is 0 Å². The Kier molecular flexibility index (Phi) is 5.08. The third-order valence-corrected chi connectivity index (χ3v) is 2.55. The summed E-state index contributed by atoms with van der Waals surface area (Å²) in [7, 11) is 0. The fourth-order valence-corrected chi connectivity index (χ4v) is 1.90. The molecule has 0 aliphatic rings. The molecular formula is C12H19N3O4. The van der Waals surface area contributed by atoms with Crippen LogP contribution < -0.4 is 10.6 Å². The molecule has 0 aromatic heterocycles. The lowest BCUT2D eigenvalue weighted by Gasteiger charge is -2.17. The number of nitrogens with zero attached hydrogens (tertiary/aromatic N) is 1. The van der Waals surface area contributed by atoms with Gasteiger partial charge >= 0.3 is 0 Å². The maximum absolute atomic E-state index is 11.2. The van der Waals surface area contributed by atoms with Gasteiger partial charge in [-0.2, -0.15) is 0 Å². The molecule has 0 amide bonds. The summed E-state index contributed by atoms with van der Waals surface area (Å²) in [6.07, 6.45) is -1.26. The second-order valence-corrected chi connectivity index (χ2v) is 4.24. The van der Waals surface area contributed by atoms with E-state index in [-0.39, 0.29) is 11.4 Å². The zero-order valence-corrected chi connectivity index (χ0v) is 11.2. The summed E-state index contributed by atoms with van der Waals surface area (Å²) >= 11 is 0. The molecule has 106 valence electrons. The molecule has 0 fully saturated rings. The van der Waals surface area contributed by atoms with Crippen LogP contribution in [0, 0.1) is 10.1 Å². The number of benzene rings is 1.